The first-order valence-electron chi connectivity index (χ1n) is 5.38. The highest BCUT2D eigenvalue weighted by molar-refractivity contribution is 8.14. The van der Waals surface area contributed by atoms with Crippen LogP contribution in [0.3, 0.4) is 0 Å². The molecule has 0 aromatic rings. The molecule has 0 spiro atoms. The maximum Gasteiger partial charge on any atom is 0.207 e. The Morgan fingerprint density at radius 1 is 1.20 bits per heavy atom. The lowest BCUT2D eigenvalue weighted by atomic mass is 10.2. The van der Waals surface area contributed by atoms with Crippen LogP contribution in [0.15, 0.2) is 0 Å². The molecule has 0 aliphatic heterocycles. The molecule has 0 aliphatic rings. The number of hydrogen-bond donors (Lipinski definition) is 1. The van der Waals surface area contributed by atoms with Crippen molar-refractivity contribution in [1.82, 2.24) is 4.90 Å². The molecule has 15 heavy (non-hydrogen) atoms. The van der Waals surface area contributed by atoms with Gasteiger partial charge in [-0.05, 0) is 40.2 Å². The zero-order valence-corrected chi connectivity index (χ0v) is 11.6. The van der Waals surface area contributed by atoms with E-state index in [9.17, 15) is 5.11 Å². The highest BCUT2D eigenvalue weighted by Gasteiger charge is 2.12. The zero-order chi connectivity index (χ0) is 12.0. The summed E-state index contributed by atoms with van der Waals surface area (Å²) in [5.41, 5.74) is 0. The summed E-state index contributed by atoms with van der Waals surface area (Å²) in [5.74, 6) is 0. The van der Waals surface area contributed by atoms with Crippen molar-refractivity contribution in [2.24, 2.45) is 0 Å². The molecule has 0 aliphatic carbocycles. The van der Waals surface area contributed by atoms with Gasteiger partial charge in [0.05, 0.1) is 6.61 Å². The van der Waals surface area contributed by atoms with Crippen LogP contribution < -0.4 is 0 Å². The molecule has 0 atom stereocenters. The Hall–Kier alpha value is 0.100. The topological polar surface area (TPSA) is 32.7 Å². The van der Waals surface area contributed by atoms with Gasteiger partial charge < -0.3 is 9.84 Å². The van der Waals surface area contributed by atoms with E-state index < -0.39 is 0 Å². The van der Waals surface area contributed by atoms with Gasteiger partial charge in [0, 0.05) is 18.6 Å². The minimum atomic E-state index is -0.165. The van der Waals surface area contributed by atoms with E-state index in [0.29, 0.717) is 18.7 Å². The van der Waals surface area contributed by atoms with Crippen LogP contribution in [0, 0.1) is 0 Å². The van der Waals surface area contributed by atoms with Crippen molar-refractivity contribution >= 4 is 15.7 Å². The number of ether oxygens (including phenoxy) is 1. The Balaban J connectivity index is 3.98. The van der Waals surface area contributed by atoms with Gasteiger partial charge in [-0.1, -0.05) is 0 Å². The SMILES string of the molecule is CC(C)N(CCOC(O)=S(C)C)C(C)C. The molecule has 0 aromatic heterocycles. The lowest BCUT2D eigenvalue weighted by Crippen LogP contribution is -2.39. The molecule has 0 saturated heterocycles. The molecule has 0 radical (unpaired) electrons. The van der Waals surface area contributed by atoms with E-state index in [0.717, 1.165) is 6.54 Å². The summed E-state index contributed by atoms with van der Waals surface area (Å²) in [4.78, 5) is 2.34. The minimum absolute atomic E-state index is 0.165. The average Bonchev–Trinajstić information content (AvgIpc) is 2.10. The summed E-state index contributed by atoms with van der Waals surface area (Å²) < 4.78 is 5.28. The first-order valence-corrected chi connectivity index (χ1v) is 7.42. The number of nitrogens with zero attached hydrogens (tertiary/aromatic N) is 1. The molecule has 0 unspecified atom stereocenters. The maximum atomic E-state index is 9.40. The molecule has 0 saturated carbocycles. The van der Waals surface area contributed by atoms with E-state index in [1.165, 1.54) is 0 Å². The van der Waals surface area contributed by atoms with Crippen molar-refractivity contribution in [1.29, 1.82) is 0 Å². The second-order valence-corrected chi connectivity index (χ2v) is 6.34. The van der Waals surface area contributed by atoms with Gasteiger partial charge in [0.2, 0.25) is 5.24 Å². The van der Waals surface area contributed by atoms with Gasteiger partial charge in [0.25, 0.3) is 0 Å². The molecule has 3 nitrogen and oxygen atoms in total. The van der Waals surface area contributed by atoms with Crippen molar-refractivity contribution < 1.29 is 9.84 Å². The molecule has 1 N–H and O–H groups in total. The van der Waals surface area contributed by atoms with Crippen LogP contribution in [-0.4, -0.2) is 53.0 Å². The summed E-state index contributed by atoms with van der Waals surface area (Å²) in [5, 5.41) is 9.57. The number of hydrogen-bond acceptors (Lipinski definition) is 2. The molecule has 0 fully saturated rings. The van der Waals surface area contributed by atoms with E-state index in [1.54, 1.807) is 0 Å². The average molecular weight is 235 g/mol. The molecule has 4 heteroatoms. The predicted molar refractivity (Wildman–Crippen MR) is 70.0 cm³/mol. The van der Waals surface area contributed by atoms with E-state index in [-0.39, 0.29) is 15.7 Å². The van der Waals surface area contributed by atoms with Crippen LogP contribution in [0.1, 0.15) is 27.7 Å². The number of rotatable bonds is 5. The minimum Gasteiger partial charge on any atom is -0.336 e. The smallest absolute Gasteiger partial charge is 0.207 e. The Kier molecular flexibility index (Phi) is 7.44. The van der Waals surface area contributed by atoms with E-state index in [4.69, 9.17) is 4.74 Å². The highest BCUT2D eigenvalue weighted by atomic mass is 32.2. The third-order valence-corrected chi connectivity index (χ3v) is 3.07. The van der Waals surface area contributed by atoms with Crippen LogP contribution in [0.2, 0.25) is 0 Å². The molecular formula is C11H25NO2S. The molecule has 0 aromatic carbocycles. The van der Waals surface area contributed by atoms with Gasteiger partial charge in [-0.2, -0.15) is 0 Å². The summed E-state index contributed by atoms with van der Waals surface area (Å²) >= 11 is 0. The first kappa shape index (κ1) is 15.1. The van der Waals surface area contributed by atoms with Gasteiger partial charge >= 0.3 is 0 Å². The van der Waals surface area contributed by atoms with Crippen LogP contribution in [0.4, 0.5) is 0 Å². The monoisotopic (exact) mass is 235 g/mol. The van der Waals surface area contributed by atoms with Gasteiger partial charge in [-0.3, -0.25) is 4.90 Å². The lowest BCUT2D eigenvalue weighted by Gasteiger charge is -2.30. The summed E-state index contributed by atoms with van der Waals surface area (Å²) in [6.45, 7) is 10.1. The third kappa shape index (κ3) is 6.30. The third-order valence-electron chi connectivity index (χ3n) is 2.25. The fourth-order valence-corrected chi connectivity index (χ4v) is 1.79. The second kappa shape index (κ2) is 7.39. The Labute approximate surface area is 96.4 Å². The lowest BCUT2D eigenvalue weighted by molar-refractivity contribution is 0.128. The van der Waals surface area contributed by atoms with E-state index >= 15 is 0 Å². The first-order chi connectivity index (χ1) is 6.86. The van der Waals surface area contributed by atoms with Crippen molar-refractivity contribution in [3.05, 3.63) is 0 Å². The van der Waals surface area contributed by atoms with Gasteiger partial charge in [0.1, 0.15) is 0 Å². The summed E-state index contributed by atoms with van der Waals surface area (Å²) in [6.07, 6.45) is 3.88. The Morgan fingerprint density at radius 2 is 1.67 bits per heavy atom. The predicted octanol–water partition coefficient (Wildman–Crippen LogP) is 2.30. The molecule has 0 amide bonds. The summed E-state index contributed by atoms with van der Waals surface area (Å²) in [6, 6.07) is 1.02. The fraction of sp³-hybridized carbons (Fsp3) is 0.909. The van der Waals surface area contributed by atoms with Crippen LogP contribution in [0.5, 0.6) is 0 Å². The van der Waals surface area contributed by atoms with Gasteiger partial charge in [-0.15, -0.1) is 10.5 Å². The Bertz CT molecular complexity index is 203. The quantitative estimate of drug-likeness (QED) is 0.742. The molecule has 92 valence electrons. The molecular weight excluding hydrogens is 210 g/mol. The van der Waals surface area contributed by atoms with Crippen LogP contribution in [-0.2, 0) is 4.74 Å². The standard InChI is InChI=1S/C11H25NO2S/c1-9(2)12(10(3)4)7-8-14-11(13)15(5)6/h9-10,13H,7-8H2,1-6H3. The van der Waals surface area contributed by atoms with Crippen molar-refractivity contribution in [3.63, 3.8) is 0 Å². The van der Waals surface area contributed by atoms with Crippen LogP contribution >= 0.6 is 10.5 Å². The van der Waals surface area contributed by atoms with Gasteiger partial charge in [-0.25, -0.2) is 0 Å². The molecule has 0 bridgehead atoms. The Morgan fingerprint density at radius 3 is 2.00 bits per heavy atom. The number of aliphatic hydroxyl groups is 1. The van der Waals surface area contributed by atoms with Crippen LogP contribution in [0.25, 0.3) is 0 Å². The zero-order valence-electron chi connectivity index (χ0n) is 10.8. The highest BCUT2D eigenvalue weighted by Crippen LogP contribution is 2.05. The normalized spacial score (nSPS) is 12.2. The van der Waals surface area contributed by atoms with E-state index in [1.807, 2.05) is 12.5 Å². The summed E-state index contributed by atoms with van der Waals surface area (Å²) in [7, 11) is -0.165. The van der Waals surface area contributed by atoms with Crippen molar-refractivity contribution in [2.75, 3.05) is 25.7 Å². The largest absolute Gasteiger partial charge is 0.336 e. The molecule has 0 heterocycles. The van der Waals surface area contributed by atoms with E-state index in [2.05, 4.69) is 32.6 Å². The molecule has 0 rings (SSSR count). The number of aliphatic hydroxyl groups excluding tert-OH is 1. The fourth-order valence-electron chi connectivity index (χ4n) is 1.47. The van der Waals surface area contributed by atoms with Crippen molar-refractivity contribution in [3.8, 4) is 0 Å². The van der Waals surface area contributed by atoms with Gasteiger partial charge in [0.15, 0.2) is 0 Å². The maximum absolute atomic E-state index is 9.40. The second-order valence-electron chi connectivity index (χ2n) is 4.36. The van der Waals surface area contributed by atoms with Crippen molar-refractivity contribution in [2.45, 2.75) is 39.8 Å².